The van der Waals surface area contributed by atoms with Crippen LogP contribution in [0.2, 0.25) is 0 Å². The molecule has 1 rings (SSSR count). The number of phenols is 1. The molecule has 0 amide bonds. The molecule has 0 saturated carbocycles. The highest BCUT2D eigenvalue weighted by Gasteiger charge is 2.13. The number of carbonyl (C=O) groups excluding carboxylic acids is 1. The van der Waals surface area contributed by atoms with Crippen molar-refractivity contribution in [3.63, 3.8) is 0 Å². The van der Waals surface area contributed by atoms with E-state index in [1.54, 1.807) is 0 Å². The van der Waals surface area contributed by atoms with Crippen LogP contribution in [0.1, 0.15) is 17.3 Å². The van der Waals surface area contributed by atoms with Gasteiger partial charge in [-0.1, -0.05) is 0 Å². The molecule has 0 bridgehead atoms. The second-order valence-electron chi connectivity index (χ2n) is 2.45. The van der Waals surface area contributed by atoms with Crippen molar-refractivity contribution in [1.82, 2.24) is 0 Å². The highest BCUT2D eigenvalue weighted by Crippen LogP contribution is 2.23. The van der Waals surface area contributed by atoms with Crippen LogP contribution in [0.5, 0.6) is 5.75 Å². The molecule has 3 nitrogen and oxygen atoms in total. The number of hydrogen-bond acceptors (Lipinski definition) is 3. The molecule has 3 N–H and O–H groups in total. The number of nitrogen functional groups attached to an aromatic ring is 1. The van der Waals surface area contributed by atoms with Gasteiger partial charge in [0.2, 0.25) is 0 Å². The van der Waals surface area contributed by atoms with Gasteiger partial charge in [0, 0.05) is 11.8 Å². The Morgan fingerprint density at radius 3 is 2.58 bits per heavy atom. The SMILES string of the molecule is CC(=O)c1c(O)cc(N)cc1F. The summed E-state index contributed by atoms with van der Waals surface area (Å²) in [4.78, 5) is 10.8. The largest absolute Gasteiger partial charge is 0.507 e. The predicted octanol–water partition coefficient (Wildman–Crippen LogP) is 1.32. The topological polar surface area (TPSA) is 63.3 Å². The molecule has 4 heteroatoms. The molecule has 1 aromatic carbocycles. The molecule has 0 radical (unpaired) electrons. The third-order valence-corrected chi connectivity index (χ3v) is 1.44. The molecule has 0 aliphatic heterocycles. The monoisotopic (exact) mass is 169 g/mol. The number of halogens is 1. The van der Waals surface area contributed by atoms with Crippen LogP contribution >= 0.6 is 0 Å². The highest BCUT2D eigenvalue weighted by atomic mass is 19.1. The number of ketones is 1. The van der Waals surface area contributed by atoms with E-state index in [1.165, 1.54) is 6.92 Å². The number of aromatic hydroxyl groups is 1. The third-order valence-electron chi connectivity index (χ3n) is 1.44. The molecule has 0 unspecified atom stereocenters. The maximum absolute atomic E-state index is 12.9. The van der Waals surface area contributed by atoms with Crippen molar-refractivity contribution < 1.29 is 14.3 Å². The average Bonchev–Trinajstić information content (AvgIpc) is 1.82. The summed E-state index contributed by atoms with van der Waals surface area (Å²) in [5.41, 5.74) is 4.99. The van der Waals surface area contributed by atoms with Crippen LogP contribution in [0.15, 0.2) is 12.1 Å². The van der Waals surface area contributed by atoms with E-state index in [9.17, 15) is 9.18 Å². The lowest BCUT2D eigenvalue weighted by Crippen LogP contribution is -1.99. The van der Waals surface area contributed by atoms with Gasteiger partial charge in [-0.3, -0.25) is 4.79 Å². The van der Waals surface area contributed by atoms with Crippen molar-refractivity contribution >= 4 is 11.5 Å². The van der Waals surface area contributed by atoms with Gasteiger partial charge in [-0.05, 0) is 13.0 Å². The average molecular weight is 169 g/mol. The van der Waals surface area contributed by atoms with Crippen molar-refractivity contribution in [3.8, 4) is 5.75 Å². The number of carbonyl (C=O) groups is 1. The van der Waals surface area contributed by atoms with Crippen LogP contribution in [-0.2, 0) is 0 Å². The zero-order chi connectivity index (χ0) is 9.30. The van der Waals surface area contributed by atoms with E-state index in [-0.39, 0.29) is 11.3 Å². The van der Waals surface area contributed by atoms with E-state index in [2.05, 4.69) is 0 Å². The third kappa shape index (κ3) is 1.37. The van der Waals surface area contributed by atoms with Gasteiger partial charge in [0.1, 0.15) is 11.6 Å². The van der Waals surface area contributed by atoms with Gasteiger partial charge in [-0.2, -0.15) is 0 Å². The van der Waals surface area contributed by atoms with E-state index in [4.69, 9.17) is 10.8 Å². The van der Waals surface area contributed by atoms with Crippen molar-refractivity contribution in [1.29, 1.82) is 0 Å². The Balaban J connectivity index is 3.38. The molecule has 0 atom stereocenters. The van der Waals surface area contributed by atoms with Crippen molar-refractivity contribution in [2.24, 2.45) is 0 Å². The molecule has 0 spiro atoms. The summed E-state index contributed by atoms with van der Waals surface area (Å²) in [6.45, 7) is 1.17. The van der Waals surface area contributed by atoms with E-state index < -0.39 is 17.3 Å². The normalized spacial score (nSPS) is 9.83. The molecule has 0 fully saturated rings. The fourth-order valence-corrected chi connectivity index (χ4v) is 0.961. The highest BCUT2D eigenvalue weighted by molar-refractivity contribution is 5.97. The maximum atomic E-state index is 12.9. The fraction of sp³-hybridized carbons (Fsp3) is 0.125. The first-order valence-electron chi connectivity index (χ1n) is 3.31. The van der Waals surface area contributed by atoms with Crippen LogP contribution in [-0.4, -0.2) is 10.9 Å². The van der Waals surface area contributed by atoms with Crippen LogP contribution in [0.3, 0.4) is 0 Å². The standard InChI is InChI=1S/C8H8FNO2/c1-4(11)8-6(9)2-5(10)3-7(8)12/h2-3,12H,10H2,1H3. The van der Waals surface area contributed by atoms with Gasteiger partial charge in [0.05, 0.1) is 5.56 Å². The Hall–Kier alpha value is -1.58. The molecule has 0 aromatic heterocycles. The zero-order valence-electron chi connectivity index (χ0n) is 6.47. The molecule has 12 heavy (non-hydrogen) atoms. The number of phenolic OH excluding ortho intramolecular Hbond substituents is 1. The summed E-state index contributed by atoms with van der Waals surface area (Å²) in [5, 5.41) is 9.10. The quantitative estimate of drug-likeness (QED) is 0.492. The first-order chi connectivity index (χ1) is 5.52. The number of rotatable bonds is 1. The lowest BCUT2D eigenvalue weighted by molar-refractivity contribution is 0.101. The second kappa shape index (κ2) is 2.81. The summed E-state index contributed by atoms with van der Waals surface area (Å²) >= 11 is 0. The van der Waals surface area contributed by atoms with E-state index in [0.717, 1.165) is 12.1 Å². The molecule has 1 aromatic rings. The Morgan fingerprint density at radius 2 is 2.17 bits per heavy atom. The molecular weight excluding hydrogens is 161 g/mol. The van der Waals surface area contributed by atoms with Gasteiger partial charge >= 0.3 is 0 Å². The minimum atomic E-state index is -0.792. The van der Waals surface area contributed by atoms with Crippen LogP contribution < -0.4 is 5.73 Å². The number of hydrogen-bond donors (Lipinski definition) is 2. The summed E-state index contributed by atoms with van der Waals surface area (Å²) in [6, 6.07) is 2.14. The molecule has 0 heterocycles. The molecular formula is C8H8FNO2. The molecule has 0 aliphatic carbocycles. The van der Waals surface area contributed by atoms with Gasteiger partial charge in [0.15, 0.2) is 5.78 Å². The maximum Gasteiger partial charge on any atom is 0.166 e. The first-order valence-corrected chi connectivity index (χ1v) is 3.31. The first kappa shape index (κ1) is 8.52. The fourth-order valence-electron chi connectivity index (χ4n) is 0.961. The lowest BCUT2D eigenvalue weighted by Gasteiger charge is -2.02. The van der Waals surface area contributed by atoms with Crippen molar-refractivity contribution in [2.75, 3.05) is 5.73 Å². The van der Waals surface area contributed by atoms with E-state index in [0.29, 0.717) is 0 Å². The van der Waals surface area contributed by atoms with Gasteiger partial charge in [0.25, 0.3) is 0 Å². The Kier molecular flexibility index (Phi) is 1.99. The zero-order valence-corrected chi connectivity index (χ0v) is 6.47. The van der Waals surface area contributed by atoms with Gasteiger partial charge in [-0.25, -0.2) is 4.39 Å². The number of benzene rings is 1. The molecule has 0 saturated heterocycles. The van der Waals surface area contributed by atoms with Gasteiger partial charge < -0.3 is 10.8 Å². The van der Waals surface area contributed by atoms with E-state index in [1.807, 2.05) is 0 Å². The second-order valence-corrected chi connectivity index (χ2v) is 2.45. The Labute approximate surface area is 68.6 Å². The lowest BCUT2D eigenvalue weighted by atomic mass is 10.1. The summed E-state index contributed by atoms with van der Waals surface area (Å²) in [6.07, 6.45) is 0. The van der Waals surface area contributed by atoms with Gasteiger partial charge in [-0.15, -0.1) is 0 Å². The molecule has 0 aliphatic rings. The number of nitrogens with two attached hydrogens (primary N) is 1. The van der Waals surface area contributed by atoms with E-state index >= 15 is 0 Å². The summed E-state index contributed by atoms with van der Waals surface area (Å²) in [7, 11) is 0. The minimum Gasteiger partial charge on any atom is -0.507 e. The van der Waals surface area contributed by atoms with Crippen LogP contribution in [0.4, 0.5) is 10.1 Å². The Morgan fingerprint density at radius 1 is 1.58 bits per heavy atom. The Bertz CT molecular complexity index is 313. The molecule has 64 valence electrons. The van der Waals surface area contributed by atoms with Crippen LogP contribution in [0, 0.1) is 5.82 Å². The van der Waals surface area contributed by atoms with Crippen molar-refractivity contribution in [2.45, 2.75) is 6.92 Å². The number of Topliss-reactive ketones (excluding diaryl/α,β-unsaturated/α-hetero) is 1. The predicted molar refractivity (Wildman–Crippen MR) is 42.5 cm³/mol. The van der Waals surface area contributed by atoms with Crippen molar-refractivity contribution in [3.05, 3.63) is 23.5 Å². The van der Waals surface area contributed by atoms with Crippen LogP contribution in [0.25, 0.3) is 0 Å². The number of anilines is 1. The minimum absolute atomic E-state index is 0.0926. The summed E-state index contributed by atoms with van der Waals surface area (Å²) in [5.74, 6) is -1.73. The summed E-state index contributed by atoms with van der Waals surface area (Å²) < 4.78 is 12.9. The smallest absolute Gasteiger partial charge is 0.166 e.